The molecular formula is C10H16N2O2. The van der Waals surface area contributed by atoms with Crippen molar-refractivity contribution in [3.05, 3.63) is 29.8 Å². The predicted octanol–water partition coefficient (Wildman–Crippen LogP) is -0.288. The quantitative estimate of drug-likeness (QED) is 0.488. The third-order valence-electron chi connectivity index (χ3n) is 1.96. The minimum absolute atomic E-state index is 0.225. The van der Waals surface area contributed by atoms with Crippen molar-refractivity contribution in [2.24, 2.45) is 0 Å². The summed E-state index contributed by atoms with van der Waals surface area (Å²) in [5, 5.41) is 20.6. The van der Waals surface area contributed by atoms with E-state index < -0.39 is 6.10 Å². The Bertz CT molecular complexity index is 279. The molecule has 0 aliphatic heterocycles. The second-order valence-corrected chi connectivity index (χ2v) is 3.17. The molecule has 1 aromatic rings. The fraction of sp³-hybridized carbons (Fsp3) is 0.400. The zero-order chi connectivity index (χ0) is 10.4. The Kier molecular flexibility index (Phi) is 4.39. The van der Waals surface area contributed by atoms with E-state index in [-0.39, 0.29) is 6.61 Å². The van der Waals surface area contributed by atoms with Gasteiger partial charge in [0, 0.05) is 18.8 Å². The highest BCUT2D eigenvalue weighted by Gasteiger charge is 2.01. The first-order chi connectivity index (χ1) is 6.74. The lowest BCUT2D eigenvalue weighted by Crippen LogP contribution is -2.29. The molecule has 78 valence electrons. The predicted molar refractivity (Wildman–Crippen MR) is 55.7 cm³/mol. The van der Waals surface area contributed by atoms with Gasteiger partial charge in [-0.2, -0.15) is 0 Å². The van der Waals surface area contributed by atoms with Crippen LogP contribution in [0.15, 0.2) is 24.3 Å². The first-order valence-corrected chi connectivity index (χ1v) is 4.57. The molecule has 1 unspecified atom stereocenters. The minimum Gasteiger partial charge on any atom is -0.398 e. The summed E-state index contributed by atoms with van der Waals surface area (Å²) in [6, 6.07) is 7.55. The summed E-state index contributed by atoms with van der Waals surface area (Å²) < 4.78 is 0. The molecule has 4 nitrogen and oxygen atoms in total. The van der Waals surface area contributed by atoms with E-state index in [1.165, 1.54) is 0 Å². The summed E-state index contributed by atoms with van der Waals surface area (Å²) in [6.45, 7) is 0.742. The van der Waals surface area contributed by atoms with Gasteiger partial charge in [0.1, 0.15) is 0 Å². The van der Waals surface area contributed by atoms with Crippen LogP contribution in [0.3, 0.4) is 0 Å². The highest BCUT2D eigenvalue weighted by Crippen LogP contribution is 2.09. The molecule has 0 heterocycles. The Morgan fingerprint density at radius 3 is 2.71 bits per heavy atom. The van der Waals surface area contributed by atoms with Gasteiger partial charge >= 0.3 is 0 Å². The molecule has 0 amide bonds. The van der Waals surface area contributed by atoms with Crippen LogP contribution in [0.1, 0.15) is 5.56 Å². The van der Waals surface area contributed by atoms with E-state index in [0.29, 0.717) is 13.1 Å². The number of para-hydroxylation sites is 1. The summed E-state index contributed by atoms with van der Waals surface area (Å²) in [4.78, 5) is 0. The molecule has 0 radical (unpaired) electrons. The van der Waals surface area contributed by atoms with Crippen molar-refractivity contribution in [3.63, 3.8) is 0 Å². The van der Waals surface area contributed by atoms with Gasteiger partial charge in [0.2, 0.25) is 0 Å². The van der Waals surface area contributed by atoms with E-state index in [1.54, 1.807) is 0 Å². The van der Waals surface area contributed by atoms with Crippen molar-refractivity contribution in [1.82, 2.24) is 5.32 Å². The maximum atomic E-state index is 9.06. The number of nitrogens with one attached hydrogen (secondary N) is 1. The second kappa shape index (κ2) is 5.59. The molecular weight excluding hydrogens is 180 g/mol. The van der Waals surface area contributed by atoms with Crippen LogP contribution in [-0.2, 0) is 6.54 Å². The lowest BCUT2D eigenvalue weighted by atomic mass is 10.2. The number of anilines is 1. The Morgan fingerprint density at radius 1 is 1.36 bits per heavy atom. The highest BCUT2D eigenvalue weighted by molar-refractivity contribution is 5.46. The van der Waals surface area contributed by atoms with Crippen molar-refractivity contribution in [3.8, 4) is 0 Å². The molecule has 5 N–H and O–H groups in total. The number of nitrogen functional groups attached to an aromatic ring is 1. The first-order valence-electron chi connectivity index (χ1n) is 4.57. The molecule has 0 aliphatic carbocycles. The van der Waals surface area contributed by atoms with Crippen LogP contribution in [0, 0.1) is 0 Å². The third-order valence-corrected chi connectivity index (χ3v) is 1.96. The maximum Gasteiger partial charge on any atom is 0.0895 e. The number of aliphatic hydroxyl groups excluding tert-OH is 2. The van der Waals surface area contributed by atoms with E-state index in [2.05, 4.69) is 5.32 Å². The summed E-state index contributed by atoms with van der Waals surface area (Å²) in [7, 11) is 0. The zero-order valence-electron chi connectivity index (χ0n) is 7.98. The molecule has 1 rings (SSSR count). The summed E-state index contributed by atoms with van der Waals surface area (Å²) in [6.07, 6.45) is -0.708. The number of hydrogen-bond donors (Lipinski definition) is 4. The lowest BCUT2D eigenvalue weighted by Gasteiger charge is -2.10. The zero-order valence-corrected chi connectivity index (χ0v) is 7.98. The average Bonchev–Trinajstić information content (AvgIpc) is 2.20. The number of hydrogen-bond acceptors (Lipinski definition) is 4. The molecule has 1 aromatic carbocycles. The van der Waals surface area contributed by atoms with Crippen LogP contribution in [0.2, 0.25) is 0 Å². The monoisotopic (exact) mass is 196 g/mol. The van der Waals surface area contributed by atoms with Crippen LogP contribution < -0.4 is 11.1 Å². The van der Waals surface area contributed by atoms with Crippen LogP contribution in [-0.4, -0.2) is 29.5 Å². The van der Waals surface area contributed by atoms with Gasteiger partial charge in [-0.1, -0.05) is 18.2 Å². The van der Waals surface area contributed by atoms with Gasteiger partial charge in [-0.3, -0.25) is 0 Å². The average molecular weight is 196 g/mol. The minimum atomic E-state index is -0.708. The number of nitrogens with two attached hydrogens (primary N) is 1. The van der Waals surface area contributed by atoms with Crippen LogP contribution >= 0.6 is 0 Å². The van der Waals surface area contributed by atoms with Crippen LogP contribution in [0.5, 0.6) is 0 Å². The van der Waals surface area contributed by atoms with Gasteiger partial charge in [0.25, 0.3) is 0 Å². The maximum absolute atomic E-state index is 9.06. The standard InChI is InChI=1S/C10H16N2O2/c11-10-4-2-1-3-8(10)5-12-6-9(14)7-13/h1-4,9,12-14H,5-7,11H2. The summed E-state index contributed by atoms with van der Waals surface area (Å²) in [5.41, 5.74) is 7.45. The highest BCUT2D eigenvalue weighted by atomic mass is 16.3. The number of benzene rings is 1. The third kappa shape index (κ3) is 3.33. The Balaban J connectivity index is 2.35. The van der Waals surface area contributed by atoms with E-state index >= 15 is 0 Å². The molecule has 0 aliphatic rings. The summed E-state index contributed by atoms with van der Waals surface area (Å²) >= 11 is 0. The normalized spacial score (nSPS) is 12.7. The smallest absolute Gasteiger partial charge is 0.0895 e. The molecule has 1 atom stereocenters. The van der Waals surface area contributed by atoms with Crippen molar-refractivity contribution >= 4 is 5.69 Å². The van der Waals surface area contributed by atoms with Crippen LogP contribution in [0.25, 0.3) is 0 Å². The SMILES string of the molecule is Nc1ccccc1CNCC(O)CO. The van der Waals surface area contributed by atoms with E-state index in [0.717, 1.165) is 11.3 Å². The first kappa shape index (κ1) is 11.0. The van der Waals surface area contributed by atoms with E-state index in [4.69, 9.17) is 15.9 Å². The van der Waals surface area contributed by atoms with Crippen molar-refractivity contribution in [2.45, 2.75) is 12.6 Å². The van der Waals surface area contributed by atoms with Crippen LogP contribution in [0.4, 0.5) is 5.69 Å². The lowest BCUT2D eigenvalue weighted by molar-refractivity contribution is 0.0942. The topological polar surface area (TPSA) is 78.5 Å². The Morgan fingerprint density at radius 2 is 2.07 bits per heavy atom. The van der Waals surface area contributed by atoms with E-state index in [9.17, 15) is 0 Å². The van der Waals surface area contributed by atoms with Gasteiger partial charge in [0.15, 0.2) is 0 Å². The van der Waals surface area contributed by atoms with Gasteiger partial charge in [-0.25, -0.2) is 0 Å². The molecule has 0 spiro atoms. The summed E-state index contributed by atoms with van der Waals surface area (Å²) in [5.74, 6) is 0. The fourth-order valence-electron chi connectivity index (χ4n) is 1.13. The van der Waals surface area contributed by atoms with Crippen molar-refractivity contribution in [1.29, 1.82) is 0 Å². The molecule has 4 heteroatoms. The number of rotatable bonds is 5. The number of aliphatic hydroxyl groups is 2. The second-order valence-electron chi connectivity index (χ2n) is 3.17. The molecule has 0 aromatic heterocycles. The van der Waals surface area contributed by atoms with Gasteiger partial charge in [-0.15, -0.1) is 0 Å². The van der Waals surface area contributed by atoms with Gasteiger partial charge in [0.05, 0.1) is 12.7 Å². The Labute approximate surface area is 83.4 Å². The van der Waals surface area contributed by atoms with Gasteiger partial charge in [-0.05, 0) is 11.6 Å². The molecule has 0 saturated carbocycles. The molecule has 0 fully saturated rings. The molecule has 0 bridgehead atoms. The molecule has 0 saturated heterocycles. The largest absolute Gasteiger partial charge is 0.398 e. The van der Waals surface area contributed by atoms with Crippen molar-refractivity contribution < 1.29 is 10.2 Å². The van der Waals surface area contributed by atoms with E-state index in [1.807, 2.05) is 24.3 Å². The van der Waals surface area contributed by atoms with Crippen molar-refractivity contribution in [2.75, 3.05) is 18.9 Å². The molecule has 14 heavy (non-hydrogen) atoms. The Hall–Kier alpha value is -1.10. The fourth-order valence-corrected chi connectivity index (χ4v) is 1.13. The van der Waals surface area contributed by atoms with Gasteiger partial charge < -0.3 is 21.3 Å².